The normalized spacial score (nSPS) is 10.3. The van der Waals surface area contributed by atoms with E-state index >= 15 is 0 Å². The van der Waals surface area contributed by atoms with Crippen molar-refractivity contribution in [3.63, 3.8) is 0 Å². The summed E-state index contributed by atoms with van der Waals surface area (Å²) in [5.41, 5.74) is 2.40. The van der Waals surface area contributed by atoms with Crippen LogP contribution in [-0.2, 0) is 0 Å². The molecule has 2 aromatic carbocycles. The lowest BCUT2D eigenvalue weighted by atomic mass is 10.1. The summed E-state index contributed by atoms with van der Waals surface area (Å²) in [6, 6.07) is 10.6. The summed E-state index contributed by atoms with van der Waals surface area (Å²) < 4.78 is 6.37. The average molecular weight is 321 g/mol. The highest BCUT2D eigenvalue weighted by Gasteiger charge is 2.12. The Balaban J connectivity index is 2.37. The molecule has 0 fully saturated rings. The van der Waals surface area contributed by atoms with E-state index in [9.17, 15) is 4.79 Å². The summed E-state index contributed by atoms with van der Waals surface area (Å²) in [7, 11) is 0. The van der Waals surface area contributed by atoms with E-state index in [4.69, 9.17) is 9.84 Å². The van der Waals surface area contributed by atoms with Crippen molar-refractivity contribution in [1.82, 2.24) is 0 Å². The second-order valence-electron chi connectivity index (χ2n) is 4.29. The molecule has 0 unspecified atom stereocenters. The van der Waals surface area contributed by atoms with Gasteiger partial charge in [0.15, 0.2) is 0 Å². The highest BCUT2D eigenvalue weighted by atomic mass is 79.9. The van der Waals surface area contributed by atoms with E-state index in [1.54, 1.807) is 12.1 Å². The number of aromatic carboxylic acids is 1. The van der Waals surface area contributed by atoms with Crippen LogP contribution in [-0.4, -0.2) is 11.1 Å². The van der Waals surface area contributed by atoms with E-state index in [0.29, 0.717) is 16.0 Å². The molecule has 2 rings (SSSR count). The number of carboxylic acids is 1. The molecule has 2 aromatic rings. The molecule has 0 saturated heterocycles. The molecular weight excluding hydrogens is 308 g/mol. The predicted octanol–water partition coefficient (Wildman–Crippen LogP) is 4.56. The summed E-state index contributed by atoms with van der Waals surface area (Å²) in [4.78, 5) is 11.2. The van der Waals surface area contributed by atoms with Gasteiger partial charge in [0.05, 0.1) is 0 Å². The number of benzene rings is 2. The zero-order valence-electron chi connectivity index (χ0n) is 10.6. The molecule has 0 radical (unpaired) electrons. The van der Waals surface area contributed by atoms with Crippen LogP contribution in [0.25, 0.3) is 0 Å². The van der Waals surface area contributed by atoms with Crippen LogP contribution in [0.1, 0.15) is 21.5 Å². The summed E-state index contributed by atoms with van der Waals surface area (Å²) in [6.45, 7) is 4.00. The van der Waals surface area contributed by atoms with E-state index in [2.05, 4.69) is 15.9 Å². The van der Waals surface area contributed by atoms with Crippen molar-refractivity contribution in [2.24, 2.45) is 0 Å². The Morgan fingerprint density at radius 3 is 2.47 bits per heavy atom. The number of aryl methyl sites for hydroxylation is 2. The Morgan fingerprint density at radius 2 is 1.84 bits per heavy atom. The van der Waals surface area contributed by atoms with Gasteiger partial charge in [-0.1, -0.05) is 22.0 Å². The fourth-order valence-electron chi connectivity index (χ4n) is 1.66. The maximum Gasteiger partial charge on any atom is 0.339 e. The van der Waals surface area contributed by atoms with E-state index in [-0.39, 0.29) is 5.56 Å². The fraction of sp³-hybridized carbons (Fsp3) is 0.133. The number of hydrogen-bond acceptors (Lipinski definition) is 2. The molecule has 0 amide bonds. The van der Waals surface area contributed by atoms with Crippen LogP contribution in [0.3, 0.4) is 0 Å². The minimum atomic E-state index is -1.01. The molecule has 1 N–H and O–H groups in total. The molecule has 0 aromatic heterocycles. The van der Waals surface area contributed by atoms with Crippen molar-refractivity contribution >= 4 is 21.9 Å². The van der Waals surface area contributed by atoms with Gasteiger partial charge < -0.3 is 9.84 Å². The molecular formula is C15H13BrO3. The molecule has 0 atom stereocenters. The maximum atomic E-state index is 11.2. The van der Waals surface area contributed by atoms with Gasteiger partial charge in [-0.25, -0.2) is 4.79 Å². The fourth-order valence-corrected chi connectivity index (χ4v) is 2.02. The minimum absolute atomic E-state index is 0.132. The lowest BCUT2D eigenvalue weighted by Gasteiger charge is -2.10. The van der Waals surface area contributed by atoms with E-state index in [0.717, 1.165) is 5.56 Å². The summed E-state index contributed by atoms with van der Waals surface area (Å²) in [5.74, 6) is -0.0491. The minimum Gasteiger partial charge on any atom is -0.478 e. The Morgan fingerprint density at radius 1 is 1.11 bits per heavy atom. The van der Waals surface area contributed by atoms with Crippen LogP contribution in [0.4, 0.5) is 0 Å². The molecule has 3 nitrogen and oxygen atoms in total. The zero-order valence-corrected chi connectivity index (χ0v) is 12.2. The number of rotatable bonds is 3. The first-order valence-corrected chi connectivity index (χ1v) is 6.54. The Bertz CT molecular complexity index is 635. The Kier molecular flexibility index (Phi) is 3.90. The number of halogens is 1. The summed E-state index contributed by atoms with van der Waals surface area (Å²) in [5, 5.41) is 9.17. The van der Waals surface area contributed by atoms with Gasteiger partial charge in [0.25, 0.3) is 0 Å². The van der Waals surface area contributed by atoms with Crippen LogP contribution in [0.15, 0.2) is 40.9 Å². The lowest BCUT2D eigenvalue weighted by Crippen LogP contribution is -2.00. The number of carboxylic acid groups (broad SMARTS) is 1. The molecule has 0 saturated carbocycles. The molecule has 0 aliphatic carbocycles. The first-order valence-electron chi connectivity index (χ1n) is 5.75. The Hall–Kier alpha value is -1.81. The number of hydrogen-bond donors (Lipinski definition) is 1. The maximum absolute atomic E-state index is 11.2. The van der Waals surface area contributed by atoms with Gasteiger partial charge in [-0.15, -0.1) is 0 Å². The third kappa shape index (κ3) is 3.15. The quantitative estimate of drug-likeness (QED) is 0.902. The first-order chi connectivity index (χ1) is 8.97. The number of ether oxygens (including phenoxy) is 1. The summed E-state index contributed by atoms with van der Waals surface area (Å²) >= 11 is 3.25. The molecule has 0 aliphatic heterocycles. The van der Waals surface area contributed by atoms with E-state index in [1.807, 2.05) is 32.0 Å². The van der Waals surface area contributed by atoms with E-state index < -0.39 is 5.97 Å². The van der Waals surface area contributed by atoms with Crippen molar-refractivity contribution in [3.05, 3.63) is 57.6 Å². The lowest BCUT2D eigenvalue weighted by molar-refractivity contribution is 0.0694. The summed E-state index contributed by atoms with van der Waals surface area (Å²) in [6.07, 6.45) is 0. The predicted molar refractivity (Wildman–Crippen MR) is 77.1 cm³/mol. The molecule has 98 valence electrons. The van der Waals surface area contributed by atoms with Crippen molar-refractivity contribution in [2.75, 3.05) is 0 Å². The van der Waals surface area contributed by atoms with Gasteiger partial charge in [-0.3, -0.25) is 0 Å². The second kappa shape index (κ2) is 5.45. The highest BCUT2D eigenvalue weighted by Crippen LogP contribution is 2.29. The molecule has 0 heterocycles. The van der Waals surface area contributed by atoms with Crippen LogP contribution < -0.4 is 4.74 Å². The van der Waals surface area contributed by atoms with Crippen molar-refractivity contribution in [3.8, 4) is 11.5 Å². The van der Waals surface area contributed by atoms with Gasteiger partial charge in [0.1, 0.15) is 17.1 Å². The topological polar surface area (TPSA) is 46.5 Å². The van der Waals surface area contributed by atoms with Gasteiger partial charge >= 0.3 is 5.97 Å². The second-order valence-corrected chi connectivity index (χ2v) is 5.21. The molecule has 4 heteroatoms. The third-order valence-corrected chi connectivity index (χ3v) is 3.37. The monoisotopic (exact) mass is 320 g/mol. The SMILES string of the molecule is Cc1ccc(Oc2ccc(Br)cc2C(=O)O)cc1C. The van der Waals surface area contributed by atoms with Crippen LogP contribution in [0, 0.1) is 13.8 Å². The van der Waals surface area contributed by atoms with Crippen molar-refractivity contribution < 1.29 is 14.6 Å². The van der Waals surface area contributed by atoms with Gasteiger partial charge in [-0.2, -0.15) is 0 Å². The molecule has 0 bridgehead atoms. The first kappa shape index (κ1) is 13.6. The Labute approximate surface area is 120 Å². The molecule has 0 aliphatic rings. The largest absolute Gasteiger partial charge is 0.478 e. The van der Waals surface area contributed by atoms with Crippen LogP contribution >= 0.6 is 15.9 Å². The molecule has 0 spiro atoms. The van der Waals surface area contributed by atoms with Gasteiger partial charge in [0.2, 0.25) is 0 Å². The number of carbonyl (C=O) groups is 1. The van der Waals surface area contributed by atoms with Gasteiger partial charge in [-0.05, 0) is 55.3 Å². The average Bonchev–Trinajstić information content (AvgIpc) is 2.36. The smallest absolute Gasteiger partial charge is 0.339 e. The molecule has 19 heavy (non-hydrogen) atoms. The van der Waals surface area contributed by atoms with E-state index in [1.165, 1.54) is 11.6 Å². The van der Waals surface area contributed by atoms with Crippen LogP contribution in [0.2, 0.25) is 0 Å². The van der Waals surface area contributed by atoms with Crippen molar-refractivity contribution in [1.29, 1.82) is 0 Å². The zero-order chi connectivity index (χ0) is 14.0. The van der Waals surface area contributed by atoms with Crippen molar-refractivity contribution in [2.45, 2.75) is 13.8 Å². The standard InChI is InChI=1S/C15H13BrO3/c1-9-3-5-12(7-10(9)2)19-14-6-4-11(16)8-13(14)15(17)18/h3-8H,1-2H3,(H,17,18). The van der Waals surface area contributed by atoms with Crippen LogP contribution in [0.5, 0.6) is 11.5 Å². The highest BCUT2D eigenvalue weighted by molar-refractivity contribution is 9.10. The third-order valence-electron chi connectivity index (χ3n) is 2.88. The van der Waals surface area contributed by atoms with Gasteiger partial charge in [0, 0.05) is 4.47 Å².